The topological polar surface area (TPSA) is 63.9 Å². The number of carbonyl (C=O) groups excluding carboxylic acids is 1. The molecule has 0 unspecified atom stereocenters. The summed E-state index contributed by atoms with van der Waals surface area (Å²) in [7, 11) is 5.01. The molecule has 0 bridgehead atoms. The molecule has 0 aliphatic rings. The number of nitrogens with one attached hydrogen (secondary N) is 1. The number of nitrogens with zero attached hydrogens (tertiary/aromatic N) is 1. The Labute approximate surface area is 177 Å². The molecule has 0 saturated carbocycles. The number of methoxy groups -OCH3 is 2. The quantitative estimate of drug-likeness (QED) is 0.581. The highest BCUT2D eigenvalue weighted by Crippen LogP contribution is 2.30. The standard InChI is InChI=1S/C24H28N2O4/c1-17-13-21(28-3)22(29-4)14-19(17)16-26(2)23(27)15-25-24(20-11-8-12-30-20)18-9-6-5-7-10-18/h5-14,24-25H,15-16H2,1-4H3/t24-/m0/s1. The van der Waals surface area contributed by atoms with Crippen molar-refractivity contribution < 1.29 is 18.7 Å². The highest BCUT2D eigenvalue weighted by atomic mass is 16.5. The van der Waals surface area contributed by atoms with Crippen molar-refractivity contribution in [2.24, 2.45) is 0 Å². The molecule has 1 N–H and O–H groups in total. The summed E-state index contributed by atoms with van der Waals surface area (Å²) < 4.78 is 16.3. The average Bonchev–Trinajstić information content (AvgIpc) is 3.30. The molecular weight excluding hydrogens is 380 g/mol. The van der Waals surface area contributed by atoms with Gasteiger partial charge in [0.1, 0.15) is 5.76 Å². The maximum Gasteiger partial charge on any atom is 0.236 e. The Hall–Kier alpha value is -3.25. The normalized spacial score (nSPS) is 11.7. The fourth-order valence-electron chi connectivity index (χ4n) is 3.34. The molecule has 6 heteroatoms. The zero-order valence-corrected chi connectivity index (χ0v) is 17.8. The lowest BCUT2D eigenvalue weighted by Crippen LogP contribution is -2.37. The number of furan rings is 1. The van der Waals surface area contributed by atoms with Gasteiger partial charge in [-0.05, 0) is 47.9 Å². The monoisotopic (exact) mass is 408 g/mol. The van der Waals surface area contributed by atoms with Gasteiger partial charge in [0.2, 0.25) is 5.91 Å². The van der Waals surface area contributed by atoms with Gasteiger partial charge in [-0.15, -0.1) is 0 Å². The molecule has 1 heterocycles. The second kappa shape index (κ2) is 9.98. The van der Waals surface area contributed by atoms with E-state index >= 15 is 0 Å². The van der Waals surface area contributed by atoms with Crippen LogP contribution in [-0.4, -0.2) is 38.6 Å². The summed E-state index contributed by atoms with van der Waals surface area (Å²) in [4.78, 5) is 14.5. The Morgan fingerprint density at radius 3 is 2.40 bits per heavy atom. The molecule has 0 spiro atoms. The molecular formula is C24H28N2O4. The highest BCUT2D eigenvalue weighted by molar-refractivity contribution is 5.78. The minimum Gasteiger partial charge on any atom is -0.493 e. The molecule has 0 fully saturated rings. The molecule has 0 aliphatic heterocycles. The number of carbonyl (C=O) groups is 1. The summed E-state index contributed by atoms with van der Waals surface area (Å²) in [5.74, 6) is 2.08. The Balaban J connectivity index is 1.68. The predicted octanol–water partition coefficient (Wildman–Crippen LogP) is 3.94. The van der Waals surface area contributed by atoms with Gasteiger partial charge >= 0.3 is 0 Å². The van der Waals surface area contributed by atoms with E-state index in [4.69, 9.17) is 13.9 Å². The van der Waals surface area contributed by atoms with Crippen molar-refractivity contribution in [3.63, 3.8) is 0 Å². The maximum absolute atomic E-state index is 12.8. The number of hydrogen-bond donors (Lipinski definition) is 1. The molecule has 158 valence electrons. The molecule has 3 aromatic rings. The van der Waals surface area contributed by atoms with Crippen LogP contribution >= 0.6 is 0 Å². The van der Waals surface area contributed by atoms with E-state index in [0.717, 1.165) is 22.5 Å². The molecule has 2 aromatic carbocycles. The van der Waals surface area contributed by atoms with Crippen molar-refractivity contribution in [2.75, 3.05) is 27.8 Å². The van der Waals surface area contributed by atoms with Crippen molar-refractivity contribution in [3.05, 3.63) is 83.3 Å². The van der Waals surface area contributed by atoms with Gasteiger partial charge in [-0.25, -0.2) is 0 Å². The fraction of sp³-hybridized carbons (Fsp3) is 0.292. The minimum atomic E-state index is -0.193. The van der Waals surface area contributed by atoms with E-state index in [1.807, 2.05) is 61.5 Å². The second-order valence-corrected chi connectivity index (χ2v) is 7.12. The van der Waals surface area contributed by atoms with E-state index < -0.39 is 0 Å². The molecule has 1 atom stereocenters. The average molecular weight is 408 g/mol. The van der Waals surface area contributed by atoms with Crippen molar-refractivity contribution >= 4 is 5.91 Å². The Morgan fingerprint density at radius 2 is 1.77 bits per heavy atom. The minimum absolute atomic E-state index is 0.0170. The summed E-state index contributed by atoms with van der Waals surface area (Å²) in [6.45, 7) is 2.66. The first kappa shape index (κ1) is 21.5. The third-order valence-electron chi connectivity index (χ3n) is 5.09. The largest absolute Gasteiger partial charge is 0.493 e. The molecule has 0 aliphatic carbocycles. The molecule has 0 saturated heterocycles. The van der Waals surface area contributed by atoms with Crippen LogP contribution < -0.4 is 14.8 Å². The van der Waals surface area contributed by atoms with Gasteiger partial charge in [-0.1, -0.05) is 30.3 Å². The second-order valence-electron chi connectivity index (χ2n) is 7.12. The van der Waals surface area contributed by atoms with Crippen LogP contribution in [0.3, 0.4) is 0 Å². The molecule has 0 radical (unpaired) electrons. The van der Waals surface area contributed by atoms with Crippen LogP contribution in [0, 0.1) is 6.92 Å². The van der Waals surface area contributed by atoms with E-state index in [2.05, 4.69) is 5.32 Å². The molecule has 1 amide bonds. The smallest absolute Gasteiger partial charge is 0.236 e. The first-order valence-corrected chi connectivity index (χ1v) is 9.80. The molecule has 1 aromatic heterocycles. The van der Waals surface area contributed by atoms with Crippen LogP contribution in [0.25, 0.3) is 0 Å². The summed E-state index contributed by atoms with van der Waals surface area (Å²) in [5, 5.41) is 3.33. The van der Waals surface area contributed by atoms with Crippen molar-refractivity contribution in [3.8, 4) is 11.5 Å². The van der Waals surface area contributed by atoms with E-state index in [1.54, 1.807) is 32.4 Å². The summed E-state index contributed by atoms with van der Waals surface area (Å²) in [6, 6.07) is 17.3. The summed E-state index contributed by atoms with van der Waals surface area (Å²) in [6.07, 6.45) is 1.64. The maximum atomic E-state index is 12.8. The van der Waals surface area contributed by atoms with E-state index in [0.29, 0.717) is 18.0 Å². The lowest BCUT2D eigenvalue weighted by Gasteiger charge is -2.22. The lowest BCUT2D eigenvalue weighted by molar-refractivity contribution is -0.129. The predicted molar refractivity (Wildman–Crippen MR) is 116 cm³/mol. The highest BCUT2D eigenvalue weighted by Gasteiger charge is 2.19. The van der Waals surface area contributed by atoms with Gasteiger partial charge in [-0.3, -0.25) is 10.1 Å². The van der Waals surface area contributed by atoms with Crippen LogP contribution in [0.1, 0.15) is 28.5 Å². The Morgan fingerprint density at radius 1 is 1.07 bits per heavy atom. The SMILES string of the molecule is COc1cc(C)c(CN(C)C(=O)CN[C@@H](c2ccccc2)c2ccco2)cc1OC. The van der Waals surface area contributed by atoms with Gasteiger partial charge in [-0.2, -0.15) is 0 Å². The van der Waals surface area contributed by atoms with Gasteiger partial charge < -0.3 is 18.8 Å². The Bertz CT molecular complexity index is 955. The first-order valence-electron chi connectivity index (χ1n) is 9.80. The van der Waals surface area contributed by atoms with Gasteiger partial charge in [0, 0.05) is 13.6 Å². The van der Waals surface area contributed by atoms with Crippen molar-refractivity contribution in [1.82, 2.24) is 10.2 Å². The first-order chi connectivity index (χ1) is 14.5. The number of rotatable bonds is 9. The van der Waals surface area contributed by atoms with Gasteiger partial charge in [0.25, 0.3) is 0 Å². The Kier molecular flexibility index (Phi) is 7.14. The fourth-order valence-corrected chi connectivity index (χ4v) is 3.34. The zero-order chi connectivity index (χ0) is 21.5. The zero-order valence-electron chi connectivity index (χ0n) is 17.8. The van der Waals surface area contributed by atoms with E-state index in [1.165, 1.54) is 0 Å². The van der Waals surface area contributed by atoms with Gasteiger partial charge in [0.15, 0.2) is 11.5 Å². The number of aryl methyl sites for hydroxylation is 1. The lowest BCUT2D eigenvalue weighted by atomic mass is 10.0. The molecule has 3 rings (SSSR count). The van der Waals surface area contributed by atoms with Crippen LogP contribution in [0.2, 0.25) is 0 Å². The third kappa shape index (κ3) is 5.02. The third-order valence-corrected chi connectivity index (χ3v) is 5.09. The van der Waals surface area contributed by atoms with Crippen LogP contribution in [0.5, 0.6) is 11.5 Å². The number of amides is 1. The molecule has 30 heavy (non-hydrogen) atoms. The number of benzene rings is 2. The van der Waals surface area contributed by atoms with Crippen LogP contribution in [0.4, 0.5) is 0 Å². The van der Waals surface area contributed by atoms with Crippen LogP contribution in [0.15, 0.2) is 65.3 Å². The summed E-state index contributed by atoms with van der Waals surface area (Å²) in [5.41, 5.74) is 3.09. The van der Waals surface area contributed by atoms with Gasteiger partial charge in [0.05, 0.1) is 33.1 Å². The number of ether oxygens (including phenoxy) is 2. The van der Waals surface area contributed by atoms with Crippen LogP contribution in [-0.2, 0) is 11.3 Å². The van der Waals surface area contributed by atoms with Crippen molar-refractivity contribution in [2.45, 2.75) is 19.5 Å². The van der Waals surface area contributed by atoms with E-state index in [-0.39, 0.29) is 18.5 Å². The number of likely N-dealkylation sites (N-methyl/N-ethyl adjacent to an activating group) is 1. The molecule has 6 nitrogen and oxygen atoms in total. The number of hydrogen-bond acceptors (Lipinski definition) is 5. The van der Waals surface area contributed by atoms with E-state index in [9.17, 15) is 4.79 Å². The van der Waals surface area contributed by atoms with Crippen molar-refractivity contribution in [1.29, 1.82) is 0 Å². The summed E-state index contributed by atoms with van der Waals surface area (Å²) >= 11 is 0.